The number of piperidine rings is 1. The number of hydrogen-bond acceptors (Lipinski definition) is 8. The number of carbonyl (C=O) groups is 1. The highest BCUT2D eigenvalue weighted by atomic mass is 32.2. The molecule has 11 heteroatoms. The summed E-state index contributed by atoms with van der Waals surface area (Å²) < 4.78 is 37.5. The summed E-state index contributed by atoms with van der Waals surface area (Å²) in [5.41, 5.74) is -0.239. The van der Waals surface area contributed by atoms with Crippen molar-refractivity contribution in [1.82, 2.24) is 14.3 Å². The van der Waals surface area contributed by atoms with Crippen LogP contribution in [0.1, 0.15) is 62.8 Å². The maximum absolute atomic E-state index is 12.8. The summed E-state index contributed by atoms with van der Waals surface area (Å²) in [7, 11) is -4.12. The van der Waals surface area contributed by atoms with Gasteiger partial charge < -0.3 is 13.8 Å². The number of thiazole rings is 1. The number of carbonyl (C=O) groups excluding carboxylic acids is 1. The second kappa shape index (κ2) is 8.58. The SMILES string of the molecule is Cc1ccc(S(=O)(=O)Oc2cc(=O)n3cc([C@@H]4CCN(C(=O)OC(C)(C)C)C5(CC5)C4)sc3n2)cc1. The first-order valence-electron chi connectivity index (χ1n) is 11.9. The number of amides is 1. The number of rotatable bonds is 4. The molecule has 3 aromatic rings. The smallest absolute Gasteiger partial charge is 0.410 e. The van der Waals surface area contributed by atoms with Gasteiger partial charge in [0.25, 0.3) is 5.56 Å². The molecular formula is C25H29N3O6S2. The molecule has 1 spiro atoms. The van der Waals surface area contributed by atoms with E-state index in [2.05, 4.69) is 4.98 Å². The molecule has 9 nitrogen and oxygen atoms in total. The molecule has 1 aromatic carbocycles. The molecule has 1 amide bonds. The maximum atomic E-state index is 12.8. The Hall–Kier alpha value is -2.92. The largest absolute Gasteiger partial charge is 0.444 e. The first kappa shape index (κ1) is 24.8. The molecule has 0 N–H and O–H groups in total. The lowest BCUT2D eigenvalue weighted by atomic mass is 9.88. The molecule has 1 saturated carbocycles. The minimum Gasteiger partial charge on any atom is -0.444 e. The number of fused-ring (bicyclic) bond motifs is 1. The lowest BCUT2D eigenvalue weighted by molar-refractivity contribution is 0.00384. The van der Waals surface area contributed by atoms with Crippen molar-refractivity contribution >= 4 is 32.5 Å². The standard InChI is InChI=1S/C25H29N3O6S2/c1-16-5-7-18(8-6-16)36(31,32)34-20-13-21(29)27-15-19(35-22(27)26-20)17-9-12-28(25(14-17)10-11-25)23(30)33-24(2,3)4/h5-8,13,15,17H,9-12,14H2,1-4H3/t17-/m1/s1. The summed E-state index contributed by atoms with van der Waals surface area (Å²) in [6.45, 7) is 8.03. The quantitative estimate of drug-likeness (QED) is 0.457. The van der Waals surface area contributed by atoms with Gasteiger partial charge in [0, 0.05) is 23.2 Å². The van der Waals surface area contributed by atoms with Crippen LogP contribution >= 0.6 is 11.3 Å². The summed E-state index contributed by atoms with van der Waals surface area (Å²) in [4.78, 5) is 33.0. The zero-order valence-corrected chi connectivity index (χ0v) is 22.3. The average molecular weight is 532 g/mol. The van der Waals surface area contributed by atoms with Crippen LogP contribution in [0, 0.1) is 6.92 Å². The van der Waals surface area contributed by atoms with Gasteiger partial charge in [-0.15, -0.1) is 11.3 Å². The molecule has 2 fully saturated rings. The molecule has 0 radical (unpaired) electrons. The molecule has 5 rings (SSSR count). The average Bonchev–Trinajstić information content (AvgIpc) is 3.38. The lowest BCUT2D eigenvalue weighted by Gasteiger charge is -2.40. The Morgan fingerprint density at radius 3 is 2.53 bits per heavy atom. The number of ether oxygens (including phenoxy) is 1. The van der Waals surface area contributed by atoms with Crippen molar-refractivity contribution in [3.63, 3.8) is 0 Å². The second-order valence-electron chi connectivity index (χ2n) is 10.6. The van der Waals surface area contributed by atoms with Gasteiger partial charge in [-0.3, -0.25) is 9.20 Å². The van der Waals surface area contributed by atoms with Gasteiger partial charge in [0.2, 0.25) is 5.88 Å². The number of hydrogen-bond donors (Lipinski definition) is 0. The molecule has 1 saturated heterocycles. The van der Waals surface area contributed by atoms with E-state index in [0.717, 1.165) is 42.2 Å². The molecule has 0 unspecified atom stereocenters. The molecule has 3 heterocycles. The van der Waals surface area contributed by atoms with E-state index in [1.807, 2.05) is 32.6 Å². The highest BCUT2D eigenvalue weighted by molar-refractivity contribution is 7.87. The fraction of sp³-hybridized carbons (Fsp3) is 0.480. The molecule has 2 aromatic heterocycles. The van der Waals surface area contributed by atoms with Gasteiger partial charge in [0.05, 0.1) is 6.07 Å². The van der Waals surface area contributed by atoms with E-state index in [9.17, 15) is 18.0 Å². The van der Waals surface area contributed by atoms with E-state index in [1.54, 1.807) is 18.3 Å². The number of aryl methyl sites for hydroxylation is 1. The minimum atomic E-state index is -4.12. The molecule has 0 bridgehead atoms. The van der Waals surface area contributed by atoms with Gasteiger partial charge in [0.1, 0.15) is 10.5 Å². The van der Waals surface area contributed by atoms with Gasteiger partial charge in [0.15, 0.2) is 4.96 Å². The predicted octanol–water partition coefficient (Wildman–Crippen LogP) is 4.48. The van der Waals surface area contributed by atoms with Crippen LogP contribution < -0.4 is 9.74 Å². The zero-order valence-electron chi connectivity index (χ0n) is 20.7. The molecular weight excluding hydrogens is 502 g/mol. The third-order valence-corrected chi connectivity index (χ3v) is 8.99. The van der Waals surface area contributed by atoms with Crippen molar-refractivity contribution in [3.05, 3.63) is 57.3 Å². The van der Waals surface area contributed by atoms with E-state index >= 15 is 0 Å². The van der Waals surface area contributed by atoms with Crippen LogP contribution in [-0.2, 0) is 14.9 Å². The molecule has 2 aliphatic rings. The fourth-order valence-electron chi connectivity index (χ4n) is 4.65. The van der Waals surface area contributed by atoms with E-state index < -0.39 is 21.3 Å². The second-order valence-corrected chi connectivity index (χ2v) is 13.2. The van der Waals surface area contributed by atoms with Crippen molar-refractivity contribution < 1.29 is 22.1 Å². The Labute approximate surface area is 213 Å². The predicted molar refractivity (Wildman–Crippen MR) is 135 cm³/mol. The van der Waals surface area contributed by atoms with Crippen molar-refractivity contribution in [2.75, 3.05) is 6.54 Å². The van der Waals surface area contributed by atoms with E-state index in [-0.39, 0.29) is 28.3 Å². The van der Waals surface area contributed by atoms with Crippen molar-refractivity contribution in [1.29, 1.82) is 0 Å². The highest BCUT2D eigenvalue weighted by Crippen LogP contribution is 2.53. The Balaban J connectivity index is 1.36. The normalized spacial score (nSPS) is 19.4. The van der Waals surface area contributed by atoms with Crippen LogP contribution in [0.2, 0.25) is 0 Å². The Morgan fingerprint density at radius 2 is 1.89 bits per heavy atom. The van der Waals surface area contributed by atoms with Gasteiger partial charge in [-0.05, 0) is 71.4 Å². The van der Waals surface area contributed by atoms with Crippen LogP contribution in [0.3, 0.4) is 0 Å². The minimum absolute atomic E-state index is 0.00607. The van der Waals surface area contributed by atoms with Gasteiger partial charge in [-0.1, -0.05) is 17.7 Å². The highest BCUT2D eigenvalue weighted by Gasteiger charge is 2.54. The van der Waals surface area contributed by atoms with Crippen LogP contribution in [0.4, 0.5) is 4.79 Å². The van der Waals surface area contributed by atoms with E-state index in [4.69, 9.17) is 8.92 Å². The number of likely N-dealkylation sites (tertiary alicyclic amines) is 1. The summed E-state index contributed by atoms with van der Waals surface area (Å²) >= 11 is 1.35. The van der Waals surface area contributed by atoms with Crippen LogP contribution in [0.5, 0.6) is 5.88 Å². The van der Waals surface area contributed by atoms with E-state index in [0.29, 0.717) is 11.5 Å². The first-order valence-corrected chi connectivity index (χ1v) is 14.1. The topological polar surface area (TPSA) is 107 Å². The summed E-state index contributed by atoms with van der Waals surface area (Å²) in [5.74, 6) is -0.0923. The molecule has 192 valence electrons. The molecule has 36 heavy (non-hydrogen) atoms. The third-order valence-electron chi connectivity index (χ3n) is 6.61. The maximum Gasteiger partial charge on any atom is 0.410 e. The third kappa shape index (κ3) is 4.86. The van der Waals surface area contributed by atoms with Crippen LogP contribution in [0.15, 0.2) is 46.2 Å². The number of benzene rings is 1. The molecule has 1 aliphatic heterocycles. The zero-order chi connectivity index (χ0) is 25.9. The van der Waals surface area contributed by atoms with Crippen LogP contribution in [-0.4, -0.2) is 46.5 Å². The summed E-state index contributed by atoms with van der Waals surface area (Å²) in [6, 6.07) is 7.35. The Bertz CT molecular complexity index is 1480. The Morgan fingerprint density at radius 1 is 1.19 bits per heavy atom. The monoisotopic (exact) mass is 531 g/mol. The van der Waals surface area contributed by atoms with Crippen molar-refractivity contribution in [2.24, 2.45) is 0 Å². The van der Waals surface area contributed by atoms with Crippen molar-refractivity contribution in [3.8, 4) is 5.88 Å². The van der Waals surface area contributed by atoms with Crippen LogP contribution in [0.25, 0.3) is 4.96 Å². The van der Waals surface area contributed by atoms with Gasteiger partial charge in [-0.2, -0.15) is 13.4 Å². The fourth-order valence-corrected chi connectivity index (χ4v) is 6.64. The Kier molecular flexibility index (Phi) is 5.90. The van der Waals surface area contributed by atoms with Gasteiger partial charge in [-0.25, -0.2) is 4.79 Å². The number of aromatic nitrogens is 2. The first-order chi connectivity index (χ1) is 16.9. The number of nitrogens with zero attached hydrogens (tertiary/aromatic N) is 3. The summed E-state index contributed by atoms with van der Waals surface area (Å²) in [5, 5.41) is 0. The summed E-state index contributed by atoms with van der Waals surface area (Å²) in [6.07, 6.45) is 4.90. The lowest BCUT2D eigenvalue weighted by Crippen LogP contribution is -2.49. The van der Waals surface area contributed by atoms with E-state index in [1.165, 1.54) is 27.9 Å². The van der Waals surface area contributed by atoms with Gasteiger partial charge >= 0.3 is 16.2 Å². The van der Waals surface area contributed by atoms with Crippen molar-refractivity contribution in [2.45, 2.75) is 75.3 Å². The molecule has 1 atom stereocenters. The molecule has 1 aliphatic carbocycles.